The molecule has 0 aliphatic carbocycles. The zero-order chi connectivity index (χ0) is 13.9. The monoisotopic (exact) mass is 345 g/mol. The number of benzene rings is 1. The molecular weight excluding hydrogens is 330 g/mol. The fourth-order valence-electron chi connectivity index (χ4n) is 2.12. The van der Waals surface area contributed by atoms with E-state index in [2.05, 4.69) is 15.9 Å². The Bertz CT molecular complexity index is 571. The van der Waals surface area contributed by atoms with Crippen molar-refractivity contribution in [3.63, 3.8) is 0 Å². The van der Waals surface area contributed by atoms with E-state index in [9.17, 15) is 13.2 Å². The number of carbonyl (C=O) groups excluding carboxylic acids is 1. The lowest BCUT2D eigenvalue weighted by molar-refractivity contribution is -0.130. The van der Waals surface area contributed by atoms with Crippen LogP contribution in [-0.4, -0.2) is 43.8 Å². The molecule has 0 atom stereocenters. The number of nitrogens with zero attached hydrogens (tertiary/aromatic N) is 1. The number of halogens is 1. The van der Waals surface area contributed by atoms with E-state index in [1.54, 1.807) is 4.90 Å². The smallest absolute Gasteiger partial charge is 0.227 e. The third-order valence-corrected chi connectivity index (χ3v) is 5.36. The van der Waals surface area contributed by atoms with Crippen LogP contribution in [0.25, 0.3) is 0 Å². The van der Waals surface area contributed by atoms with Gasteiger partial charge in [-0.3, -0.25) is 4.79 Å². The van der Waals surface area contributed by atoms with Crippen LogP contribution in [0, 0.1) is 0 Å². The Labute approximate surface area is 121 Å². The van der Waals surface area contributed by atoms with Gasteiger partial charge >= 0.3 is 0 Å². The van der Waals surface area contributed by atoms with E-state index < -0.39 is 9.84 Å². The summed E-state index contributed by atoms with van der Waals surface area (Å²) in [5.74, 6) is 0.264. The molecule has 0 N–H and O–H groups in total. The third-order valence-electron chi connectivity index (χ3n) is 3.15. The van der Waals surface area contributed by atoms with Crippen molar-refractivity contribution in [3.05, 3.63) is 34.3 Å². The lowest BCUT2D eigenvalue weighted by Crippen LogP contribution is -2.34. The Balaban J connectivity index is 2.00. The van der Waals surface area contributed by atoms with Gasteiger partial charge in [0.05, 0.1) is 17.9 Å². The average molecular weight is 346 g/mol. The Kier molecular flexibility index (Phi) is 4.62. The zero-order valence-electron chi connectivity index (χ0n) is 10.5. The van der Waals surface area contributed by atoms with E-state index in [-0.39, 0.29) is 17.4 Å². The molecule has 6 heteroatoms. The summed E-state index contributed by atoms with van der Waals surface area (Å²) in [6.45, 7) is 0.848. The van der Waals surface area contributed by atoms with Gasteiger partial charge in [-0.1, -0.05) is 28.1 Å². The summed E-state index contributed by atoms with van der Waals surface area (Å²) >= 11 is 3.37. The van der Waals surface area contributed by atoms with E-state index in [0.29, 0.717) is 25.9 Å². The first-order valence-electron chi connectivity index (χ1n) is 6.19. The van der Waals surface area contributed by atoms with E-state index in [1.165, 1.54) is 0 Å². The second kappa shape index (κ2) is 6.05. The molecule has 4 nitrogen and oxygen atoms in total. The lowest BCUT2D eigenvalue weighted by atomic mass is 10.1. The topological polar surface area (TPSA) is 54.5 Å². The number of carbonyl (C=O) groups is 1. The van der Waals surface area contributed by atoms with Crippen LogP contribution < -0.4 is 0 Å². The number of hydrogen-bond acceptors (Lipinski definition) is 3. The first-order valence-corrected chi connectivity index (χ1v) is 8.80. The van der Waals surface area contributed by atoms with Crippen molar-refractivity contribution in [1.82, 2.24) is 4.90 Å². The maximum atomic E-state index is 12.2. The summed E-state index contributed by atoms with van der Waals surface area (Å²) in [5.41, 5.74) is 0.937. The second-order valence-electron chi connectivity index (χ2n) is 4.69. The van der Waals surface area contributed by atoms with Gasteiger partial charge in [-0.25, -0.2) is 8.42 Å². The minimum Gasteiger partial charge on any atom is -0.341 e. The molecule has 1 aliphatic rings. The molecule has 0 unspecified atom stereocenters. The molecule has 104 valence electrons. The van der Waals surface area contributed by atoms with Gasteiger partial charge in [-0.05, 0) is 24.1 Å². The maximum absolute atomic E-state index is 12.2. The number of hydrogen-bond donors (Lipinski definition) is 0. The van der Waals surface area contributed by atoms with E-state index in [4.69, 9.17) is 0 Å². The summed E-state index contributed by atoms with van der Waals surface area (Å²) in [7, 11) is -2.97. The van der Waals surface area contributed by atoms with Crippen molar-refractivity contribution in [2.75, 3.05) is 24.6 Å². The van der Waals surface area contributed by atoms with Crippen molar-refractivity contribution in [2.45, 2.75) is 12.8 Å². The molecule has 0 bridgehead atoms. The van der Waals surface area contributed by atoms with E-state index >= 15 is 0 Å². The van der Waals surface area contributed by atoms with Crippen LogP contribution in [0.2, 0.25) is 0 Å². The lowest BCUT2D eigenvalue weighted by Gasteiger charge is -2.19. The Morgan fingerprint density at radius 2 is 2.05 bits per heavy atom. The van der Waals surface area contributed by atoms with Gasteiger partial charge in [0, 0.05) is 17.6 Å². The van der Waals surface area contributed by atoms with Crippen molar-refractivity contribution < 1.29 is 13.2 Å². The number of rotatable bonds is 2. The van der Waals surface area contributed by atoms with Crippen molar-refractivity contribution in [1.29, 1.82) is 0 Å². The molecule has 1 heterocycles. The highest BCUT2D eigenvalue weighted by Gasteiger charge is 2.22. The van der Waals surface area contributed by atoms with Gasteiger partial charge in [-0.2, -0.15) is 0 Å². The summed E-state index contributed by atoms with van der Waals surface area (Å²) in [6.07, 6.45) is 0.853. The van der Waals surface area contributed by atoms with Gasteiger partial charge < -0.3 is 4.90 Å². The average Bonchev–Trinajstić information content (AvgIpc) is 2.50. The summed E-state index contributed by atoms with van der Waals surface area (Å²) < 4.78 is 23.9. The quantitative estimate of drug-likeness (QED) is 0.818. The molecule has 2 rings (SSSR count). The second-order valence-corrected chi connectivity index (χ2v) is 7.91. The van der Waals surface area contributed by atoms with Gasteiger partial charge in [0.15, 0.2) is 9.84 Å². The fourth-order valence-corrected chi connectivity index (χ4v) is 3.84. The number of amides is 1. The fraction of sp³-hybridized carbons (Fsp3) is 0.462. The summed E-state index contributed by atoms with van der Waals surface area (Å²) in [5, 5.41) is 0. The predicted molar refractivity (Wildman–Crippen MR) is 77.7 cm³/mol. The minimum absolute atomic E-state index is 0.00444. The largest absolute Gasteiger partial charge is 0.341 e. The molecule has 0 radical (unpaired) electrons. The van der Waals surface area contributed by atoms with Gasteiger partial charge in [-0.15, -0.1) is 0 Å². The van der Waals surface area contributed by atoms with Crippen LogP contribution in [0.4, 0.5) is 0 Å². The normalized spacial score (nSPS) is 18.9. The van der Waals surface area contributed by atoms with Gasteiger partial charge in [0.1, 0.15) is 0 Å². The Hall–Kier alpha value is -0.880. The molecular formula is C13H16BrNO3S. The summed E-state index contributed by atoms with van der Waals surface area (Å²) in [6, 6.07) is 7.61. The molecule has 1 amide bonds. The van der Waals surface area contributed by atoms with Crippen LogP contribution in [0.15, 0.2) is 28.7 Å². The molecule has 1 saturated heterocycles. The van der Waals surface area contributed by atoms with Crippen LogP contribution in [0.3, 0.4) is 0 Å². The molecule has 1 aromatic carbocycles. The van der Waals surface area contributed by atoms with E-state index in [0.717, 1.165) is 10.0 Å². The molecule has 0 aromatic heterocycles. The highest BCUT2D eigenvalue weighted by molar-refractivity contribution is 9.10. The SMILES string of the molecule is O=C(Cc1cccc(Br)c1)N1CCCS(=O)(=O)CC1. The Morgan fingerprint density at radius 1 is 1.26 bits per heavy atom. The molecule has 1 fully saturated rings. The third kappa shape index (κ3) is 4.31. The predicted octanol–water partition coefficient (Wildman–Crippen LogP) is 1.64. The zero-order valence-corrected chi connectivity index (χ0v) is 12.9. The standard InChI is InChI=1S/C13H16BrNO3S/c14-12-4-1-3-11(9-12)10-13(16)15-5-2-7-19(17,18)8-6-15/h1,3-4,9H,2,5-8,10H2. The highest BCUT2D eigenvalue weighted by Crippen LogP contribution is 2.14. The van der Waals surface area contributed by atoms with Gasteiger partial charge in [0.2, 0.25) is 5.91 Å². The molecule has 1 aliphatic heterocycles. The van der Waals surface area contributed by atoms with E-state index in [1.807, 2.05) is 24.3 Å². The maximum Gasteiger partial charge on any atom is 0.227 e. The van der Waals surface area contributed by atoms with Crippen molar-refractivity contribution in [3.8, 4) is 0 Å². The van der Waals surface area contributed by atoms with Crippen LogP contribution in [0.5, 0.6) is 0 Å². The molecule has 1 aromatic rings. The first-order chi connectivity index (χ1) is 8.96. The van der Waals surface area contributed by atoms with Crippen LogP contribution in [-0.2, 0) is 21.1 Å². The number of sulfone groups is 1. The minimum atomic E-state index is -2.97. The van der Waals surface area contributed by atoms with Crippen LogP contribution >= 0.6 is 15.9 Å². The summed E-state index contributed by atoms with van der Waals surface area (Å²) in [4.78, 5) is 13.8. The molecule has 19 heavy (non-hydrogen) atoms. The van der Waals surface area contributed by atoms with Gasteiger partial charge in [0.25, 0.3) is 0 Å². The van der Waals surface area contributed by atoms with Crippen LogP contribution in [0.1, 0.15) is 12.0 Å². The first kappa shape index (κ1) is 14.5. The van der Waals surface area contributed by atoms with Crippen molar-refractivity contribution in [2.24, 2.45) is 0 Å². The molecule has 0 spiro atoms. The van der Waals surface area contributed by atoms with Crippen molar-refractivity contribution >= 4 is 31.7 Å². The molecule has 0 saturated carbocycles. The Morgan fingerprint density at radius 3 is 2.79 bits per heavy atom. The highest BCUT2D eigenvalue weighted by atomic mass is 79.9.